The third kappa shape index (κ3) is 3.48. The van der Waals surface area contributed by atoms with Gasteiger partial charge in [-0.2, -0.15) is 0 Å². The topological polar surface area (TPSA) is 52.6 Å². The van der Waals surface area contributed by atoms with E-state index < -0.39 is 0 Å². The minimum Gasteiger partial charge on any atom is -0.508 e. The summed E-state index contributed by atoms with van der Waals surface area (Å²) in [7, 11) is 0. The van der Waals surface area contributed by atoms with Gasteiger partial charge < -0.3 is 15.3 Å². The molecule has 0 spiro atoms. The largest absolute Gasteiger partial charge is 0.508 e. The number of benzene rings is 4. The van der Waals surface area contributed by atoms with E-state index in [4.69, 9.17) is 0 Å². The van der Waals surface area contributed by atoms with E-state index in [9.17, 15) is 9.90 Å². The van der Waals surface area contributed by atoms with Gasteiger partial charge in [0.05, 0.1) is 17.3 Å². The van der Waals surface area contributed by atoms with Gasteiger partial charge in [-0.05, 0) is 59.9 Å². The van der Waals surface area contributed by atoms with Crippen molar-refractivity contribution in [3.63, 3.8) is 0 Å². The first-order chi connectivity index (χ1) is 17.2. The van der Waals surface area contributed by atoms with E-state index in [1.165, 1.54) is 0 Å². The molecular weight excluding hydrogens is 432 g/mol. The van der Waals surface area contributed by atoms with Gasteiger partial charge in [-0.15, -0.1) is 0 Å². The highest BCUT2D eigenvalue weighted by Crippen LogP contribution is 2.53. The lowest BCUT2D eigenvalue weighted by atomic mass is 9.75. The zero-order valence-electron chi connectivity index (χ0n) is 19.7. The molecule has 1 aliphatic heterocycles. The van der Waals surface area contributed by atoms with Gasteiger partial charge in [-0.1, -0.05) is 72.8 Å². The van der Waals surface area contributed by atoms with E-state index in [0.717, 1.165) is 39.7 Å². The monoisotopic (exact) mass is 460 g/mol. The molecule has 2 aliphatic rings. The van der Waals surface area contributed by atoms with Crippen LogP contribution in [0.4, 0.5) is 11.4 Å². The van der Waals surface area contributed by atoms with Gasteiger partial charge >= 0.3 is 0 Å². The average Bonchev–Trinajstić information content (AvgIpc) is 3.40. The maximum atomic E-state index is 13.9. The maximum absolute atomic E-state index is 13.9. The summed E-state index contributed by atoms with van der Waals surface area (Å²) in [5.41, 5.74) is 4.48. The summed E-state index contributed by atoms with van der Waals surface area (Å²) in [5.74, 6) is 0.720. The lowest BCUT2D eigenvalue weighted by Gasteiger charge is -2.39. The molecule has 4 nitrogen and oxygen atoms in total. The van der Waals surface area contributed by atoms with Crippen LogP contribution in [0, 0.1) is 5.92 Å². The molecule has 0 saturated carbocycles. The van der Waals surface area contributed by atoms with E-state index in [2.05, 4.69) is 35.7 Å². The number of rotatable bonds is 4. The number of phenols is 1. The van der Waals surface area contributed by atoms with Gasteiger partial charge in [0.1, 0.15) is 5.75 Å². The molecule has 174 valence electrons. The number of hydrogen-bond donors (Lipinski definition) is 2. The van der Waals surface area contributed by atoms with Gasteiger partial charge in [-0.3, -0.25) is 4.79 Å². The molecule has 35 heavy (non-hydrogen) atoms. The Morgan fingerprint density at radius 3 is 2.60 bits per heavy atom. The standard InChI is InChI=1S/C31H28N2O2/c1-2-33(21-11-4-3-5-12-21)31(35)26-17-9-15-24-23-14-8-16-25(23)30(32-29(24)26)28-22-13-7-6-10-20(22)18-19-27(28)34/h3-15,17-19,23,25,30,32,34H,2,16H2,1H3. The molecule has 6 rings (SSSR count). The predicted octanol–water partition coefficient (Wildman–Crippen LogP) is 7.04. The Bertz CT molecular complexity index is 1440. The van der Waals surface area contributed by atoms with Gasteiger partial charge in [0.25, 0.3) is 5.91 Å². The highest BCUT2D eigenvalue weighted by molar-refractivity contribution is 6.10. The first-order valence-electron chi connectivity index (χ1n) is 12.3. The van der Waals surface area contributed by atoms with Crippen LogP contribution >= 0.6 is 0 Å². The first kappa shape index (κ1) is 21.5. The molecule has 0 radical (unpaired) electrons. The van der Waals surface area contributed by atoms with Gasteiger partial charge in [0.15, 0.2) is 0 Å². The highest BCUT2D eigenvalue weighted by atomic mass is 16.3. The van der Waals surface area contributed by atoms with Crippen LogP contribution in [0.1, 0.15) is 46.8 Å². The zero-order chi connectivity index (χ0) is 23.9. The number of hydrogen-bond acceptors (Lipinski definition) is 3. The lowest BCUT2D eigenvalue weighted by molar-refractivity contribution is 0.0988. The fraction of sp³-hybridized carbons (Fsp3) is 0.194. The quantitative estimate of drug-likeness (QED) is 0.321. The smallest absolute Gasteiger partial charge is 0.260 e. The molecule has 3 atom stereocenters. The molecule has 0 saturated heterocycles. The molecule has 0 fully saturated rings. The second kappa shape index (κ2) is 8.62. The summed E-state index contributed by atoms with van der Waals surface area (Å²) in [4.78, 5) is 15.7. The minimum absolute atomic E-state index is 0.0237. The number of fused-ring (bicyclic) bond motifs is 4. The Balaban J connectivity index is 1.49. The summed E-state index contributed by atoms with van der Waals surface area (Å²) in [6, 6.07) is 27.7. The van der Waals surface area contributed by atoms with Gasteiger partial charge in [-0.25, -0.2) is 0 Å². The normalized spacial score (nSPS) is 20.2. The molecular formula is C31H28N2O2. The third-order valence-electron chi connectivity index (χ3n) is 7.52. The highest BCUT2D eigenvalue weighted by Gasteiger charge is 2.41. The number of anilines is 2. The number of phenolic OH excluding ortho intramolecular Hbond substituents is 1. The summed E-state index contributed by atoms with van der Waals surface area (Å²) < 4.78 is 0. The van der Waals surface area contributed by atoms with Crippen LogP contribution in [0.15, 0.2) is 97.1 Å². The van der Waals surface area contributed by atoms with E-state index >= 15 is 0 Å². The van der Waals surface area contributed by atoms with Crippen molar-refractivity contribution in [3.8, 4) is 5.75 Å². The fourth-order valence-electron chi connectivity index (χ4n) is 5.89. The summed E-state index contributed by atoms with van der Waals surface area (Å²) >= 11 is 0. The second-order valence-electron chi connectivity index (χ2n) is 9.35. The maximum Gasteiger partial charge on any atom is 0.260 e. The van der Waals surface area contributed by atoms with Crippen molar-refractivity contribution < 1.29 is 9.90 Å². The van der Waals surface area contributed by atoms with Crippen LogP contribution < -0.4 is 10.2 Å². The van der Waals surface area contributed by atoms with Crippen molar-refractivity contribution in [2.24, 2.45) is 5.92 Å². The van der Waals surface area contributed by atoms with Gasteiger partial charge in [0.2, 0.25) is 0 Å². The number of para-hydroxylation sites is 2. The van der Waals surface area contributed by atoms with Crippen LogP contribution in [-0.2, 0) is 0 Å². The van der Waals surface area contributed by atoms with E-state index in [1.54, 1.807) is 6.07 Å². The molecule has 4 heteroatoms. The fourth-order valence-corrected chi connectivity index (χ4v) is 5.89. The Morgan fingerprint density at radius 2 is 1.77 bits per heavy atom. The van der Waals surface area contributed by atoms with Crippen molar-refractivity contribution in [1.29, 1.82) is 0 Å². The summed E-state index contributed by atoms with van der Waals surface area (Å²) in [6.45, 7) is 2.58. The Hall–Kier alpha value is -4.05. The van der Waals surface area contributed by atoms with Crippen molar-refractivity contribution >= 4 is 28.1 Å². The van der Waals surface area contributed by atoms with Crippen LogP contribution in [0.3, 0.4) is 0 Å². The second-order valence-corrected chi connectivity index (χ2v) is 9.35. The number of nitrogens with one attached hydrogen (secondary N) is 1. The number of aromatic hydroxyl groups is 1. The average molecular weight is 461 g/mol. The van der Waals surface area contributed by atoms with E-state index in [1.807, 2.05) is 72.5 Å². The number of amides is 1. The number of nitrogens with zero attached hydrogens (tertiary/aromatic N) is 1. The minimum atomic E-state index is -0.116. The van der Waals surface area contributed by atoms with Crippen LogP contribution in [-0.4, -0.2) is 17.6 Å². The summed E-state index contributed by atoms with van der Waals surface area (Å²) in [5, 5.41) is 16.9. The van der Waals surface area contributed by atoms with Crippen LogP contribution in [0.25, 0.3) is 10.8 Å². The lowest BCUT2D eigenvalue weighted by Crippen LogP contribution is -2.34. The molecule has 4 aromatic carbocycles. The van der Waals surface area contributed by atoms with Crippen molar-refractivity contribution in [2.45, 2.75) is 25.3 Å². The molecule has 3 unspecified atom stereocenters. The van der Waals surface area contributed by atoms with Crippen LogP contribution in [0.2, 0.25) is 0 Å². The summed E-state index contributed by atoms with van der Waals surface area (Å²) in [6.07, 6.45) is 5.42. The van der Waals surface area contributed by atoms with Crippen molar-refractivity contribution in [2.75, 3.05) is 16.8 Å². The molecule has 1 heterocycles. The third-order valence-corrected chi connectivity index (χ3v) is 7.52. The van der Waals surface area contributed by atoms with E-state index in [-0.39, 0.29) is 23.8 Å². The van der Waals surface area contributed by atoms with Crippen molar-refractivity contribution in [1.82, 2.24) is 0 Å². The molecule has 0 bridgehead atoms. The zero-order valence-corrected chi connectivity index (χ0v) is 19.7. The first-order valence-corrected chi connectivity index (χ1v) is 12.3. The van der Waals surface area contributed by atoms with Crippen molar-refractivity contribution in [3.05, 3.63) is 114 Å². The molecule has 4 aromatic rings. The van der Waals surface area contributed by atoms with Crippen LogP contribution in [0.5, 0.6) is 5.75 Å². The number of carbonyl (C=O) groups is 1. The Morgan fingerprint density at radius 1 is 0.971 bits per heavy atom. The number of allylic oxidation sites excluding steroid dienone is 2. The van der Waals surface area contributed by atoms with Gasteiger partial charge in [0, 0.05) is 23.7 Å². The Labute approximate surface area is 205 Å². The Kier molecular flexibility index (Phi) is 5.29. The predicted molar refractivity (Wildman–Crippen MR) is 142 cm³/mol. The number of carbonyl (C=O) groups excluding carboxylic acids is 1. The molecule has 1 amide bonds. The molecule has 2 N–H and O–H groups in total. The molecule has 0 aromatic heterocycles. The molecule has 1 aliphatic carbocycles. The SMILES string of the molecule is CCN(C(=O)c1cccc2c1NC(c1c(O)ccc3ccccc13)C1CC=CC21)c1ccccc1. The van der Waals surface area contributed by atoms with E-state index in [0.29, 0.717) is 17.9 Å².